The van der Waals surface area contributed by atoms with Crippen LogP contribution in [0.4, 0.5) is 0 Å². The fourth-order valence-electron chi connectivity index (χ4n) is 2.46. The third-order valence-electron chi connectivity index (χ3n) is 3.59. The van der Waals surface area contributed by atoms with Gasteiger partial charge in [0.15, 0.2) is 0 Å². The van der Waals surface area contributed by atoms with Gasteiger partial charge in [-0.15, -0.1) is 12.4 Å². The highest BCUT2D eigenvalue weighted by Crippen LogP contribution is 2.22. The Bertz CT molecular complexity index is 371. The van der Waals surface area contributed by atoms with Crippen LogP contribution in [0.1, 0.15) is 18.9 Å². The van der Waals surface area contributed by atoms with Crippen LogP contribution in [-0.4, -0.2) is 31.1 Å². The summed E-state index contributed by atoms with van der Waals surface area (Å²) in [4.78, 5) is 2.48. The topological polar surface area (TPSA) is 38.5 Å². The lowest BCUT2D eigenvalue weighted by Crippen LogP contribution is -2.29. The number of halogens is 1. The van der Waals surface area contributed by atoms with Crippen molar-refractivity contribution in [3.05, 3.63) is 29.8 Å². The van der Waals surface area contributed by atoms with Gasteiger partial charge < -0.3 is 10.5 Å². The van der Waals surface area contributed by atoms with Crippen molar-refractivity contribution in [2.45, 2.75) is 25.9 Å². The number of methoxy groups -OCH3 is 1. The van der Waals surface area contributed by atoms with Crippen LogP contribution in [0.3, 0.4) is 0 Å². The fraction of sp³-hybridized carbons (Fsp3) is 0.571. The Kier molecular flexibility index (Phi) is 5.93. The molecule has 18 heavy (non-hydrogen) atoms. The van der Waals surface area contributed by atoms with Crippen molar-refractivity contribution < 1.29 is 4.74 Å². The minimum Gasteiger partial charge on any atom is -0.497 e. The molecule has 1 heterocycles. The number of ether oxygens (including phenoxy) is 1. The van der Waals surface area contributed by atoms with Crippen molar-refractivity contribution in [2.24, 2.45) is 11.7 Å². The minimum absolute atomic E-state index is 0. The van der Waals surface area contributed by atoms with Gasteiger partial charge in [-0.25, -0.2) is 0 Å². The first-order valence-corrected chi connectivity index (χ1v) is 6.30. The summed E-state index contributed by atoms with van der Waals surface area (Å²) >= 11 is 0. The number of likely N-dealkylation sites (tertiary alicyclic amines) is 1. The molecule has 1 saturated heterocycles. The molecule has 0 bridgehead atoms. The first-order valence-electron chi connectivity index (χ1n) is 6.30. The van der Waals surface area contributed by atoms with Crippen LogP contribution in [0, 0.1) is 5.92 Å². The van der Waals surface area contributed by atoms with E-state index >= 15 is 0 Å². The van der Waals surface area contributed by atoms with Gasteiger partial charge in [0.1, 0.15) is 5.75 Å². The first-order chi connectivity index (χ1) is 8.19. The molecule has 2 atom stereocenters. The number of nitrogens with two attached hydrogens (primary N) is 1. The molecule has 1 fully saturated rings. The number of hydrogen-bond acceptors (Lipinski definition) is 3. The second kappa shape index (κ2) is 6.98. The normalized spacial score (nSPS) is 21.4. The van der Waals surface area contributed by atoms with Gasteiger partial charge in [0.05, 0.1) is 7.11 Å². The van der Waals surface area contributed by atoms with Gasteiger partial charge in [-0.05, 0) is 43.5 Å². The van der Waals surface area contributed by atoms with Crippen molar-refractivity contribution >= 4 is 12.4 Å². The van der Waals surface area contributed by atoms with Crippen LogP contribution in [0.5, 0.6) is 5.75 Å². The van der Waals surface area contributed by atoms with Gasteiger partial charge >= 0.3 is 0 Å². The molecule has 2 N–H and O–H groups in total. The maximum Gasteiger partial charge on any atom is 0.119 e. The standard InChI is InChI=1S/C14H22N2O.ClH/c1-11(15)13-6-7-16(10-13)9-12-4-3-5-14(8-12)17-2;/h3-5,8,11,13H,6-7,9-10,15H2,1-2H3;1H. The average molecular weight is 271 g/mol. The Morgan fingerprint density at radius 3 is 2.89 bits per heavy atom. The molecule has 1 aromatic carbocycles. The lowest BCUT2D eigenvalue weighted by atomic mass is 10.0. The SMILES string of the molecule is COc1cccc(CN2CCC(C(C)N)C2)c1.Cl. The van der Waals surface area contributed by atoms with E-state index in [1.165, 1.54) is 12.0 Å². The van der Waals surface area contributed by atoms with E-state index in [1.807, 2.05) is 12.1 Å². The molecule has 102 valence electrons. The third kappa shape index (κ3) is 3.87. The highest BCUT2D eigenvalue weighted by molar-refractivity contribution is 5.85. The number of rotatable bonds is 4. The van der Waals surface area contributed by atoms with Crippen LogP contribution < -0.4 is 10.5 Å². The van der Waals surface area contributed by atoms with Gasteiger partial charge in [-0.2, -0.15) is 0 Å². The Morgan fingerprint density at radius 1 is 1.50 bits per heavy atom. The molecule has 0 amide bonds. The zero-order valence-corrected chi connectivity index (χ0v) is 12.0. The molecule has 2 unspecified atom stereocenters. The van der Waals surface area contributed by atoms with E-state index in [4.69, 9.17) is 10.5 Å². The Hall–Kier alpha value is -0.770. The van der Waals surface area contributed by atoms with Gasteiger partial charge in [0.25, 0.3) is 0 Å². The molecule has 4 heteroatoms. The summed E-state index contributed by atoms with van der Waals surface area (Å²) < 4.78 is 5.24. The summed E-state index contributed by atoms with van der Waals surface area (Å²) in [5, 5.41) is 0. The highest BCUT2D eigenvalue weighted by Gasteiger charge is 2.24. The van der Waals surface area contributed by atoms with Gasteiger partial charge in [-0.1, -0.05) is 12.1 Å². The second-order valence-electron chi connectivity index (χ2n) is 4.99. The molecule has 0 saturated carbocycles. The van der Waals surface area contributed by atoms with Crippen LogP contribution in [0.2, 0.25) is 0 Å². The van der Waals surface area contributed by atoms with E-state index < -0.39 is 0 Å². The fourth-order valence-corrected chi connectivity index (χ4v) is 2.46. The third-order valence-corrected chi connectivity index (χ3v) is 3.59. The number of hydrogen-bond donors (Lipinski definition) is 1. The molecule has 1 aliphatic rings. The summed E-state index contributed by atoms with van der Waals surface area (Å²) in [5.74, 6) is 1.59. The van der Waals surface area contributed by atoms with Crippen molar-refractivity contribution in [3.63, 3.8) is 0 Å². The summed E-state index contributed by atoms with van der Waals surface area (Å²) in [6.45, 7) is 5.39. The lowest BCUT2D eigenvalue weighted by Gasteiger charge is -2.18. The number of benzene rings is 1. The quantitative estimate of drug-likeness (QED) is 0.912. The largest absolute Gasteiger partial charge is 0.497 e. The van der Waals surface area contributed by atoms with Crippen LogP contribution in [0.15, 0.2) is 24.3 Å². The average Bonchev–Trinajstić information content (AvgIpc) is 2.78. The highest BCUT2D eigenvalue weighted by atomic mass is 35.5. The maximum absolute atomic E-state index is 5.95. The molecule has 3 nitrogen and oxygen atoms in total. The number of nitrogens with zero attached hydrogens (tertiary/aromatic N) is 1. The minimum atomic E-state index is 0. The van der Waals surface area contributed by atoms with E-state index in [0.29, 0.717) is 12.0 Å². The van der Waals surface area contributed by atoms with E-state index in [9.17, 15) is 0 Å². The van der Waals surface area contributed by atoms with Crippen molar-refractivity contribution in [1.29, 1.82) is 0 Å². The summed E-state index contributed by atoms with van der Waals surface area (Å²) in [7, 11) is 1.71. The maximum atomic E-state index is 5.95. The molecule has 0 aromatic heterocycles. The Morgan fingerprint density at radius 2 is 2.28 bits per heavy atom. The summed E-state index contributed by atoms with van der Waals surface area (Å²) in [5.41, 5.74) is 7.27. The van der Waals surface area contributed by atoms with Crippen molar-refractivity contribution in [3.8, 4) is 5.75 Å². The summed E-state index contributed by atoms with van der Waals surface area (Å²) in [6, 6.07) is 8.61. The van der Waals surface area contributed by atoms with E-state index in [2.05, 4.69) is 24.0 Å². The van der Waals surface area contributed by atoms with E-state index in [-0.39, 0.29) is 12.4 Å². The smallest absolute Gasteiger partial charge is 0.119 e. The predicted octanol–water partition coefficient (Wildman–Crippen LogP) is 2.29. The molecule has 0 aliphatic carbocycles. The van der Waals surface area contributed by atoms with Gasteiger partial charge in [0.2, 0.25) is 0 Å². The monoisotopic (exact) mass is 270 g/mol. The second-order valence-corrected chi connectivity index (χ2v) is 4.99. The Labute approximate surface area is 116 Å². The lowest BCUT2D eigenvalue weighted by molar-refractivity contribution is 0.308. The van der Waals surface area contributed by atoms with Gasteiger partial charge in [0, 0.05) is 19.1 Å². The Balaban J connectivity index is 0.00000162. The molecule has 2 rings (SSSR count). The molecule has 0 radical (unpaired) electrons. The van der Waals surface area contributed by atoms with E-state index in [1.54, 1.807) is 7.11 Å². The zero-order valence-electron chi connectivity index (χ0n) is 11.1. The van der Waals surface area contributed by atoms with E-state index in [0.717, 1.165) is 25.4 Å². The summed E-state index contributed by atoms with van der Waals surface area (Å²) in [6.07, 6.45) is 1.22. The zero-order chi connectivity index (χ0) is 12.3. The molecular formula is C14H23ClN2O. The molecule has 0 spiro atoms. The van der Waals surface area contributed by atoms with Crippen molar-refractivity contribution in [1.82, 2.24) is 4.90 Å². The molecule has 1 aromatic rings. The van der Waals surface area contributed by atoms with Crippen LogP contribution >= 0.6 is 12.4 Å². The van der Waals surface area contributed by atoms with Crippen LogP contribution in [0.25, 0.3) is 0 Å². The van der Waals surface area contributed by atoms with Crippen LogP contribution in [-0.2, 0) is 6.54 Å². The van der Waals surface area contributed by atoms with Gasteiger partial charge in [-0.3, -0.25) is 4.90 Å². The molecule has 1 aliphatic heterocycles. The first kappa shape index (κ1) is 15.3. The predicted molar refractivity (Wildman–Crippen MR) is 77.3 cm³/mol. The van der Waals surface area contributed by atoms with Crippen molar-refractivity contribution in [2.75, 3.05) is 20.2 Å². The molecular weight excluding hydrogens is 248 g/mol.